The van der Waals surface area contributed by atoms with Crippen molar-refractivity contribution in [3.8, 4) is 17.2 Å². The molecule has 13 heteroatoms. The summed E-state index contributed by atoms with van der Waals surface area (Å²) in [6, 6.07) is 10.8. The number of nitrogens with one attached hydrogen (secondary N) is 2. The van der Waals surface area contributed by atoms with Crippen LogP contribution in [0.15, 0.2) is 60.8 Å². The van der Waals surface area contributed by atoms with Crippen LogP contribution in [0.3, 0.4) is 0 Å². The average molecular weight is 629 g/mol. The number of amides is 1. The van der Waals surface area contributed by atoms with Gasteiger partial charge in [0.1, 0.15) is 29.3 Å². The number of halogens is 6. The summed E-state index contributed by atoms with van der Waals surface area (Å²) in [5.74, 6) is -6.52. The second-order valence-corrected chi connectivity index (χ2v) is 10.8. The summed E-state index contributed by atoms with van der Waals surface area (Å²) in [7, 11) is 0. The van der Waals surface area contributed by atoms with E-state index in [0.717, 1.165) is 0 Å². The number of aromatic nitrogens is 1. The van der Waals surface area contributed by atoms with Gasteiger partial charge >= 0.3 is 12.1 Å². The first-order valence-corrected chi connectivity index (χ1v) is 13.7. The van der Waals surface area contributed by atoms with Crippen LogP contribution in [0.4, 0.5) is 27.6 Å². The van der Waals surface area contributed by atoms with Crippen molar-refractivity contribution in [1.29, 1.82) is 5.26 Å². The number of carbonyl (C=O) groups excluding carboxylic acids is 1. The van der Waals surface area contributed by atoms with Crippen molar-refractivity contribution in [3.05, 3.63) is 94.1 Å². The lowest BCUT2D eigenvalue weighted by molar-refractivity contribution is -0.146. The smallest absolute Gasteiger partial charge is 0.408 e. The first-order chi connectivity index (χ1) is 20.9. The molecule has 1 aliphatic rings. The molecule has 0 aliphatic heterocycles. The van der Waals surface area contributed by atoms with Crippen LogP contribution in [0.2, 0.25) is 5.02 Å². The Bertz CT molecular complexity index is 1800. The molecule has 3 N–H and O–H groups in total. The van der Waals surface area contributed by atoms with E-state index in [-0.39, 0.29) is 6.42 Å². The summed E-state index contributed by atoms with van der Waals surface area (Å²) in [6.07, 6.45) is -2.80. The Labute approximate surface area is 252 Å². The number of aliphatic carboxylic acids is 1. The minimum atomic E-state index is -4.65. The van der Waals surface area contributed by atoms with Gasteiger partial charge in [-0.15, -0.1) is 0 Å². The lowest BCUT2D eigenvalue weighted by atomic mass is 9.94. The molecule has 0 saturated heterocycles. The van der Waals surface area contributed by atoms with Crippen molar-refractivity contribution in [1.82, 2.24) is 10.3 Å². The van der Waals surface area contributed by atoms with Crippen molar-refractivity contribution in [2.45, 2.75) is 37.5 Å². The van der Waals surface area contributed by atoms with Gasteiger partial charge in [0.2, 0.25) is 0 Å². The summed E-state index contributed by atoms with van der Waals surface area (Å²) >= 11 is 6.40. The predicted molar refractivity (Wildman–Crippen MR) is 152 cm³/mol. The van der Waals surface area contributed by atoms with E-state index in [1.165, 1.54) is 12.3 Å². The number of anilines is 1. The Morgan fingerprint density at radius 2 is 1.75 bits per heavy atom. The molecule has 2 unspecified atom stereocenters. The van der Waals surface area contributed by atoms with Gasteiger partial charge in [-0.05, 0) is 54.7 Å². The minimum Gasteiger partial charge on any atom is -0.480 e. The Hall–Kier alpha value is -4.76. The number of alkyl halides is 3. The fraction of sp³-hybridized carbons (Fsp3) is 0.226. The molecule has 3 aromatic carbocycles. The largest absolute Gasteiger partial charge is 0.480 e. The predicted octanol–water partition coefficient (Wildman–Crippen LogP) is 6.88. The number of pyridine rings is 1. The Morgan fingerprint density at radius 1 is 1.07 bits per heavy atom. The van der Waals surface area contributed by atoms with Gasteiger partial charge in [-0.1, -0.05) is 35.9 Å². The summed E-state index contributed by atoms with van der Waals surface area (Å²) in [6.45, 7) is 0. The number of fused-ring (bicyclic) bond motifs is 1. The zero-order valence-electron chi connectivity index (χ0n) is 22.6. The Kier molecular flexibility index (Phi) is 8.43. The minimum absolute atomic E-state index is 0.297. The number of carboxylic acids is 1. The summed E-state index contributed by atoms with van der Waals surface area (Å²) < 4.78 is 69.9. The van der Waals surface area contributed by atoms with E-state index in [9.17, 15) is 36.6 Å². The number of hydrogen-bond acceptors (Lipinski definition) is 5. The molecule has 1 aromatic heterocycles. The maximum absolute atomic E-state index is 14.9. The fourth-order valence-electron chi connectivity index (χ4n) is 5.03. The molecule has 7 nitrogen and oxygen atoms in total. The van der Waals surface area contributed by atoms with Crippen molar-refractivity contribution in [3.63, 3.8) is 0 Å². The molecule has 44 heavy (non-hydrogen) atoms. The van der Waals surface area contributed by atoms with E-state index < -0.39 is 58.9 Å². The molecule has 5 rings (SSSR count). The highest BCUT2D eigenvalue weighted by molar-refractivity contribution is 6.33. The number of rotatable bonds is 9. The standard InChI is InChI=1S/C31H22ClF5N4O3/c32-22-10-15(14-38)3-7-20(22)21-8-6-17(19-2-1-9-39-27(19)21)11-25(30(43)44)41-29(42)26-23(33)12-18(13-24(26)34)40-28(16-4-5-16)31(35,36)37/h1-3,6-10,12-13,16,25,28,40H,4-5,11H2,(H,41,42)(H,43,44). The lowest BCUT2D eigenvalue weighted by Gasteiger charge is -2.23. The number of benzene rings is 3. The van der Waals surface area contributed by atoms with Crippen LogP contribution in [0.5, 0.6) is 0 Å². The molecule has 1 amide bonds. The van der Waals surface area contributed by atoms with Gasteiger partial charge in [-0.25, -0.2) is 13.6 Å². The van der Waals surface area contributed by atoms with Crippen LogP contribution in [0.25, 0.3) is 22.0 Å². The van der Waals surface area contributed by atoms with Crippen LogP contribution < -0.4 is 10.6 Å². The molecular weight excluding hydrogens is 607 g/mol. The Morgan fingerprint density at radius 3 is 2.34 bits per heavy atom. The highest BCUT2D eigenvalue weighted by Gasteiger charge is 2.49. The molecule has 1 saturated carbocycles. The average Bonchev–Trinajstić information content (AvgIpc) is 3.80. The highest BCUT2D eigenvalue weighted by Crippen LogP contribution is 2.42. The van der Waals surface area contributed by atoms with Crippen LogP contribution in [-0.4, -0.2) is 40.2 Å². The van der Waals surface area contributed by atoms with Crippen molar-refractivity contribution >= 4 is 40.1 Å². The van der Waals surface area contributed by atoms with E-state index in [1.54, 1.807) is 36.4 Å². The number of carbonyl (C=O) groups is 2. The van der Waals surface area contributed by atoms with E-state index >= 15 is 0 Å². The fourth-order valence-corrected chi connectivity index (χ4v) is 5.31. The third-order valence-corrected chi connectivity index (χ3v) is 7.63. The van der Waals surface area contributed by atoms with Crippen molar-refractivity contribution in [2.75, 3.05) is 5.32 Å². The summed E-state index contributed by atoms with van der Waals surface area (Å²) in [5.41, 5.74) is 0.795. The molecular formula is C31H22ClF5N4O3. The highest BCUT2D eigenvalue weighted by atomic mass is 35.5. The van der Waals surface area contributed by atoms with E-state index in [0.29, 0.717) is 63.2 Å². The molecule has 4 aromatic rings. The molecule has 1 heterocycles. The van der Waals surface area contributed by atoms with Gasteiger partial charge in [-0.2, -0.15) is 18.4 Å². The van der Waals surface area contributed by atoms with Gasteiger partial charge < -0.3 is 15.7 Å². The molecule has 2 atom stereocenters. The molecule has 0 bridgehead atoms. The zero-order valence-corrected chi connectivity index (χ0v) is 23.3. The monoisotopic (exact) mass is 628 g/mol. The van der Waals surface area contributed by atoms with E-state index in [4.69, 9.17) is 16.9 Å². The number of nitrogens with zero attached hydrogens (tertiary/aromatic N) is 2. The molecule has 0 spiro atoms. The van der Waals surface area contributed by atoms with Crippen LogP contribution in [-0.2, 0) is 11.2 Å². The molecule has 226 valence electrons. The number of carboxylic acid groups (broad SMARTS) is 1. The van der Waals surface area contributed by atoms with Crippen molar-refractivity contribution < 1.29 is 36.6 Å². The summed E-state index contributed by atoms with van der Waals surface area (Å²) in [5, 5.41) is 24.0. The SMILES string of the molecule is N#Cc1ccc(-c2ccc(CC(NC(=O)c3c(F)cc(NC(C4CC4)C(F)(F)F)cc3F)C(=O)O)c3cccnc23)c(Cl)c1. The maximum atomic E-state index is 14.9. The van der Waals surface area contributed by atoms with Crippen LogP contribution in [0, 0.1) is 28.9 Å². The second kappa shape index (κ2) is 12.1. The lowest BCUT2D eigenvalue weighted by Crippen LogP contribution is -2.43. The third-order valence-electron chi connectivity index (χ3n) is 7.31. The van der Waals surface area contributed by atoms with Gasteiger partial charge in [0.05, 0.1) is 17.1 Å². The number of nitriles is 1. The second-order valence-electron chi connectivity index (χ2n) is 10.4. The van der Waals surface area contributed by atoms with Crippen molar-refractivity contribution in [2.24, 2.45) is 5.92 Å². The number of hydrogen-bond donors (Lipinski definition) is 3. The van der Waals surface area contributed by atoms with Crippen LogP contribution in [0.1, 0.15) is 34.3 Å². The first-order valence-electron chi connectivity index (χ1n) is 13.3. The molecule has 1 fully saturated rings. The van der Waals surface area contributed by atoms with E-state index in [2.05, 4.69) is 15.6 Å². The topological polar surface area (TPSA) is 115 Å². The first kappa shape index (κ1) is 30.7. The quantitative estimate of drug-likeness (QED) is 0.174. The van der Waals surface area contributed by atoms with Gasteiger partial charge in [0.15, 0.2) is 0 Å². The normalized spacial score (nSPS) is 14.5. The zero-order chi connectivity index (χ0) is 31.8. The van der Waals surface area contributed by atoms with Gasteiger partial charge in [0, 0.05) is 39.8 Å². The van der Waals surface area contributed by atoms with Crippen LogP contribution >= 0.6 is 11.6 Å². The Balaban J connectivity index is 1.40. The third kappa shape index (κ3) is 6.43. The maximum Gasteiger partial charge on any atom is 0.408 e. The molecule has 1 aliphatic carbocycles. The van der Waals surface area contributed by atoms with Gasteiger partial charge in [0.25, 0.3) is 5.91 Å². The summed E-state index contributed by atoms with van der Waals surface area (Å²) in [4.78, 5) is 29.4. The van der Waals surface area contributed by atoms with Gasteiger partial charge in [-0.3, -0.25) is 9.78 Å². The molecule has 0 radical (unpaired) electrons. The van der Waals surface area contributed by atoms with E-state index in [1.807, 2.05) is 6.07 Å².